The summed E-state index contributed by atoms with van der Waals surface area (Å²) in [7, 11) is -3.43. The van der Waals surface area contributed by atoms with Crippen LogP contribution in [0.1, 0.15) is 79.7 Å². The molecule has 0 N–H and O–H groups in total. The van der Waals surface area contributed by atoms with Crippen LogP contribution in [0.2, 0.25) is 0 Å². The van der Waals surface area contributed by atoms with Gasteiger partial charge in [0.25, 0.3) is 0 Å². The number of nitrogens with zero attached hydrogens (tertiary/aromatic N) is 1. The Labute approximate surface area is 281 Å². The Kier molecular flexibility index (Phi) is 11.9. The van der Waals surface area contributed by atoms with Crippen LogP contribution in [0.15, 0.2) is 54.6 Å². The van der Waals surface area contributed by atoms with E-state index in [0.717, 1.165) is 32.9 Å². The van der Waals surface area contributed by atoms with E-state index >= 15 is 0 Å². The summed E-state index contributed by atoms with van der Waals surface area (Å²) in [4.78, 5) is 38.5. The molecule has 0 saturated carbocycles. The quantitative estimate of drug-likeness (QED) is 0.156. The summed E-state index contributed by atoms with van der Waals surface area (Å²) in [5.74, 6) is -1.52. The van der Waals surface area contributed by atoms with Crippen molar-refractivity contribution in [2.75, 3.05) is 26.5 Å². The highest BCUT2D eigenvalue weighted by atomic mass is 32.2. The first-order valence-electron chi connectivity index (χ1n) is 15.6. The molecular formula is C35H43NO9S2. The van der Waals surface area contributed by atoms with E-state index in [0.29, 0.717) is 31.5 Å². The first kappa shape index (κ1) is 36.1. The SMILES string of the molecule is Cc1c(-c2cccc(C3CCN(S(=O)(=O)Cc4ccccc4)CC3)c2)sc(C(=O)OCOC(=O)C(C)(C)C)c1OCC(=O)OC(C)C. The zero-order valence-electron chi connectivity index (χ0n) is 27.7. The van der Waals surface area contributed by atoms with Crippen LogP contribution in [0, 0.1) is 12.3 Å². The van der Waals surface area contributed by atoms with Crippen molar-refractivity contribution < 1.29 is 41.7 Å². The maximum Gasteiger partial charge on any atom is 0.355 e. The summed E-state index contributed by atoms with van der Waals surface area (Å²) >= 11 is 1.16. The van der Waals surface area contributed by atoms with E-state index in [1.165, 1.54) is 0 Å². The van der Waals surface area contributed by atoms with Crippen molar-refractivity contribution in [1.29, 1.82) is 0 Å². The van der Waals surface area contributed by atoms with Gasteiger partial charge in [0.05, 0.1) is 17.3 Å². The maximum absolute atomic E-state index is 13.2. The molecule has 10 nitrogen and oxygen atoms in total. The molecule has 0 spiro atoms. The second kappa shape index (κ2) is 15.4. The number of piperidine rings is 1. The van der Waals surface area contributed by atoms with Gasteiger partial charge in [0, 0.05) is 23.5 Å². The number of carbonyl (C=O) groups is 3. The first-order valence-corrected chi connectivity index (χ1v) is 18.0. The van der Waals surface area contributed by atoms with Gasteiger partial charge in [0.1, 0.15) is 5.75 Å². The Bertz CT molecular complexity index is 1670. The van der Waals surface area contributed by atoms with Crippen LogP contribution in [0.25, 0.3) is 10.4 Å². The average molecular weight is 686 g/mol. The third-order valence-corrected chi connectivity index (χ3v) is 10.8. The Morgan fingerprint density at radius 2 is 1.66 bits per heavy atom. The molecule has 4 rings (SSSR count). The molecule has 2 aromatic carbocycles. The standard InChI is InChI=1S/C35H43NO9S2/c1-23(2)45-29(37)20-42-30-24(3)31(46-32(30)33(38)43-22-44-34(39)35(4,5)6)28-14-10-13-27(19-28)26-15-17-36(18-16-26)47(40,41)21-25-11-8-7-9-12-25/h7-14,19,23,26H,15-18,20-22H2,1-6H3. The van der Waals surface area contributed by atoms with Crippen LogP contribution in [0.3, 0.4) is 0 Å². The van der Waals surface area contributed by atoms with Crippen LogP contribution >= 0.6 is 11.3 Å². The van der Waals surface area contributed by atoms with Gasteiger partial charge in [-0.15, -0.1) is 11.3 Å². The van der Waals surface area contributed by atoms with E-state index in [-0.39, 0.29) is 28.4 Å². The third kappa shape index (κ3) is 9.65. The molecule has 0 radical (unpaired) electrons. The normalized spacial score (nSPS) is 14.5. The van der Waals surface area contributed by atoms with E-state index in [4.69, 9.17) is 18.9 Å². The van der Waals surface area contributed by atoms with Gasteiger partial charge in [-0.3, -0.25) is 4.79 Å². The highest BCUT2D eigenvalue weighted by Gasteiger charge is 2.30. The summed E-state index contributed by atoms with van der Waals surface area (Å²) in [6.07, 6.45) is 1.03. The van der Waals surface area contributed by atoms with Gasteiger partial charge in [0.2, 0.25) is 16.8 Å². The molecule has 47 heavy (non-hydrogen) atoms. The van der Waals surface area contributed by atoms with Crippen molar-refractivity contribution in [1.82, 2.24) is 4.31 Å². The number of benzene rings is 2. The predicted molar refractivity (Wildman–Crippen MR) is 180 cm³/mol. The molecule has 0 amide bonds. The summed E-state index contributed by atoms with van der Waals surface area (Å²) in [6.45, 7) is 10.2. The lowest BCUT2D eigenvalue weighted by Gasteiger charge is -2.31. The number of hydrogen-bond acceptors (Lipinski definition) is 10. The minimum absolute atomic E-state index is 0.0188. The lowest BCUT2D eigenvalue weighted by Crippen LogP contribution is -2.38. The lowest BCUT2D eigenvalue weighted by atomic mass is 9.89. The predicted octanol–water partition coefficient (Wildman–Crippen LogP) is 6.47. The minimum atomic E-state index is -3.43. The Hall–Kier alpha value is -3.74. The van der Waals surface area contributed by atoms with Crippen molar-refractivity contribution in [2.24, 2.45) is 5.41 Å². The molecule has 254 valence electrons. The number of carbonyl (C=O) groups excluding carboxylic acids is 3. The van der Waals surface area contributed by atoms with E-state index in [1.54, 1.807) is 45.8 Å². The molecule has 3 aromatic rings. The maximum atomic E-state index is 13.2. The zero-order chi connectivity index (χ0) is 34.4. The molecule has 1 aliphatic rings. The lowest BCUT2D eigenvalue weighted by molar-refractivity contribution is -0.161. The molecule has 12 heteroatoms. The van der Waals surface area contributed by atoms with Crippen LogP contribution in [-0.4, -0.2) is 63.2 Å². The number of rotatable bonds is 12. The largest absolute Gasteiger partial charge is 0.480 e. The fraction of sp³-hybridized carbons (Fsp3) is 0.457. The highest BCUT2D eigenvalue weighted by molar-refractivity contribution is 7.88. The fourth-order valence-corrected chi connectivity index (χ4v) is 7.91. The van der Waals surface area contributed by atoms with Gasteiger partial charge in [-0.05, 0) is 77.0 Å². The van der Waals surface area contributed by atoms with Gasteiger partial charge in [0.15, 0.2) is 11.5 Å². The van der Waals surface area contributed by atoms with Gasteiger partial charge < -0.3 is 18.9 Å². The zero-order valence-corrected chi connectivity index (χ0v) is 29.4. The molecule has 0 aliphatic carbocycles. The average Bonchev–Trinajstić information content (AvgIpc) is 3.35. The molecule has 1 aliphatic heterocycles. The number of thiophene rings is 1. The van der Waals surface area contributed by atoms with Crippen LogP contribution < -0.4 is 4.74 Å². The topological polar surface area (TPSA) is 126 Å². The Balaban J connectivity index is 1.52. The molecular weight excluding hydrogens is 643 g/mol. The molecule has 1 saturated heterocycles. The molecule has 1 aromatic heterocycles. The second-order valence-electron chi connectivity index (χ2n) is 12.8. The van der Waals surface area contributed by atoms with Crippen molar-refractivity contribution in [3.8, 4) is 16.2 Å². The monoisotopic (exact) mass is 685 g/mol. The van der Waals surface area contributed by atoms with Gasteiger partial charge in [-0.1, -0.05) is 54.6 Å². The molecule has 0 atom stereocenters. The Morgan fingerprint density at radius 1 is 0.979 bits per heavy atom. The van der Waals surface area contributed by atoms with Crippen LogP contribution in [-0.2, 0) is 39.6 Å². The van der Waals surface area contributed by atoms with Gasteiger partial charge in [-0.25, -0.2) is 22.3 Å². The molecule has 0 unspecified atom stereocenters. The summed E-state index contributed by atoms with van der Waals surface area (Å²) in [6, 6.07) is 17.1. The van der Waals surface area contributed by atoms with Gasteiger partial charge >= 0.3 is 17.9 Å². The number of esters is 3. The molecule has 0 bridgehead atoms. The van der Waals surface area contributed by atoms with Crippen LogP contribution in [0.5, 0.6) is 5.75 Å². The minimum Gasteiger partial charge on any atom is -0.480 e. The molecule has 2 heterocycles. The van der Waals surface area contributed by atoms with Crippen LogP contribution in [0.4, 0.5) is 0 Å². The summed E-state index contributed by atoms with van der Waals surface area (Å²) in [5.41, 5.74) is 2.56. The first-order chi connectivity index (χ1) is 22.2. The summed E-state index contributed by atoms with van der Waals surface area (Å²) < 4.78 is 49.2. The van der Waals surface area contributed by atoms with E-state index in [1.807, 2.05) is 48.5 Å². The highest BCUT2D eigenvalue weighted by Crippen LogP contribution is 2.43. The van der Waals surface area contributed by atoms with E-state index in [9.17, 15) is 22.8 Å². The Morgan fingerprint density at radius 3 is 2.30 bits per heavy atom. The number of hydrogen-bond donors (Lipinski definition) is 0. The van der Waals surface area contributed by atoms with E-state index < -0.39 is 46.7 Å². The van der Waals surface area contributed by atoms with Gasteiger partial charge in [-0.2, -0.15) is 0 Å². The van der Waals surface area contributed by atoms with Crippen molar-refractivity contribution in [3.63, 3.8) is 0 Å². The van der Waals surface area contributed by atoms with E-state index in [2.05, 4.69) is 6.07 Å². The van der Waals surface area contributed by atoms with Crippen molar-refractivity contribution in [2.45, 2.75) is 72.2 Å². The summed E-state index contributed by atoms with van der Waals surface area (Å²) in [5, 5.41) is 0. The van der Waals surface area contributed by atoms with Crippen molar-refractivity contribution in [3.05, 3.63) is 76.2 Å². The van der Waals surface area contributed by atoms with Crippen molar-refractivity contribution >= 4 is 39.3 Å². The number of sulfonamides is 1. The molecule has 1 fully saturated rings. The number of ether oxygens (including phenoxy) is 4. The third-order valence-electron chi connectivity index (χ3n) is 7.63. The fourth-order valence-electron chi connectivity index (χ4n) is 5.21. The smallest absolute Gasteiger partial charge is 0.355 e. The second-order valence-corrected chi connectivity index (χ2v) is 15.8.